The highest BCUT2D eigenvalue weighted by molar-refractivity contribution is 7.89. The first kappa shape index (κ1) is 24.1. The molecule has 4 rings (SSSR count). The number of hydrogen-bond donors (Lipinski definition) is 1. The van der Waals surface area contributed by atoms with Crippen molar-refractivity contribution >= 4 is 21.7 Å². The van der Waals surface area contributed by atoms with Gasteiger partial charge in [0.2, 0.25) is 15.9 Å². The Morgan fingerprint density at radius 1 is 1.06 bits per heavy atom. The molecule has 1 N–H and O–H groups in total. The Hall–Kier alpha value is -3.04. The molecule has 8 nitrogen and oxygen atoms in total. The van der Waals surface area contributed by atoms with Crippen molar-refractivity contribution in [2.24, 2.45) is 5.92 Å². The molecule has 1 fully saturated rings. The predicted octanol–water partition coefficient (Wildman–Crippen LogP) is 3.68. The van der Waals surface area contributed by atoms with E-state index in [-0.39, 0.29) is 11.8 Å². The molecule has 34 heavy (non-hydrogen) atoms. The van der Waals surface area contributed by atoms with Crippen LogP contribution in [0, 0.1) is 5.92 Å². The Kier molecular flexibility index (Phi) is 7.43. The van der Waals surface area contributed by atoms with Gasteiger partial charge < -0.3 is 5.32 Å². The quantitative estimate of drug-likeness (QED) is 0.529. The van der Waals surface area contributed by atoms with Gasteiger partial charge in [0, 0.05) is 50.2 Å². The highest BCUT2D eigenvalue weighted by Crippen LogP contribution is 2.26. The molecule has 0 bridgehead atoms. The number of benzene rings is 1. The largest absolute Gasteiger partial charge is 0.309 e. The van der Waals surface area contributed by atoms with Crippen LogP contribution in [0.3, 0.4) is 0 Å². The maximum Gasteiger partial charge on any atom is 0.243 e. The number of nitrogens with one attached hydrogen (secondary N) is 1. The van der Waals surface area contributed by atoms with Gasteiger partial charge in [0.15, 0.2) is 5.82 Å². The van der Waals surface area contributed by atoms with Gasteiger partial charge in [-0.15, -0.1) is 0 Å². The van der Waals surface area contributed by atoms with E-state index in [2.05, 4.69) is 29.2 Å². The molecule has 2 aromatic heterocycles. The zero-order chi connectivity index (χ0) is 24.1. The summed E-state index contributed by atoms with van der Waals surface area (Å²) < 4.78 is 29.3. The van der Waals surface area contributed by atoms with Crippen molar-refractivity contribution in [3.8, 4) is 0 Å². The monoisotopic (exact) mass is 481 g/mol. The lowest BCUT2D eigenvalue weighted by Gasteiger charge is -2.30. The van der Waals surface area contributed by atoms with E-state index in [1.54, 1.807) is 35.3 Å². The van der Waals surface area contributed by atoms with E-state index in [1.165, 1.54) is 9.87 Å². The summed E-state index contributed by atoms with van der Waals surface area (Å²) >= 11 is 0. The van der Waals surface area contributed by atoms with Crippen molar-refractivity contribution in [3.05, 3.63) is 72.2 Å². The number of rotatable bonds is 8. The van der Waals surface area contributed by atoms with Gasteiger partial charge in [-0.25, -0.2) is 8.42 Å². The Morgan fingerprint density at radius 3 is 2.38 bits per heavy atom. The van der Waals surface area contributed by atoms with Crippen LogP contribution < -0.4 is 5.32 Å². The van der Waals surface area contributed by atoms with E-state index in [4.69, 9.17) is 0 Å². The average Bonchev–Trinajstić information content (AvgIpc) is 3.30. The molecule has 0 atom stereocenters. The smallest absolute Gasteiger partial charge is 0.243 e. The first-order valence-electron chi connectivity index (χ1n) is 11.7. The number of hydrogen-bond acceptors (Lipinski definition) is 5. The van der Waals surface area contributed by atoms with Crippen LogP contribution in [0.25, 0.3) is 0 Å². The number of sulfonamides is 1. The lowest BCUT2D eigenvalue weighted by molar-refractivity contribution is -0.120. The molecule has 0 spiro atoms. The van der Waals surface area contributed by atoms with E-state index in [1.807, 2.05) is 30.5 Å². The van der Waals surface area contributed by atoms with Crippen molar-refractivity contribution in [2.75, 3.05) is 18.4 Å². The minimum absolute atomic E-state index is 0.113. The Morgan fingerprint density at radius 2 is 1.74 bits per heavy atom. The predicted molar refractivity (Wildman–Crippen MR) is 131 cm³/mol. The number of aryl methyl sites for hydroxylation is 2. The zero-order valence-electron chi connectivity index (χ0n) is 19.6. The topological polar surface area (TPSA) is 97.2 Å². The second kappa shape index (κ2) is 10.5. The van der Waals surface area contributed by atoms with Crippen molar-refractivity contribution in [2.45, 2.75) is 50.5 Å². The van der Waals surface area contributed by atoms with E-state index >= 15 is 0 Å². The summed E-state index contributed by atoms with van der Waals surface area (Å²) in [7, 11) is -3.56. The molecule has 1 aromatic carbocycles. The zero-order valence-corrected chi connectivity index (χ0v) is 20.4. The Bertz CT molecular complexity index is 1200. The fraction of sp³-hybridized carbons (Fsp3) is 0.400. The third-order valence-corrected chi connectivity index (χ3v) is 8.19. The van der Waals surface area contributed by atoms with Crippen LogP contribution >= 0.6 is 0 Å². The average molecular weight is 482 g/mol. The van der Waals surface area contributed by atoms with Crippen LogP contribution in [-0.4, -0.2) is 46.5 Å². The number of nitrogens with zero attached hydrogens (tertiary/aromatic N) is 4. The SMILES string of the molecule is CC(C)c1ccc(S(=O)(=O)N2CCC(C(=O)Nc3ccn(CCc4ccncc4)n3)CC2)cc1. The minimum Gasteiger partial charge on any atom is -0.309 e. The molecule has 1 amide bonds. The second-order valence-corrected chi connectivity index (χ2v) is 10.9. The van der Waals surface area contributed by atoms with Crippen LogP contribution in [0.2, 0.25) is 0 Å². The summed E-state index contributed by atoms with van der Waals surface area (Å²) in [5.74, 6) is 0.508. The van der Waals surface area contributed by atoms with Gasteiger partial charge in [0.25, 0.3) is 0 Å². The molecule has 0 radical (unpaired) electrons. The highest BCUT2D eigenvalue weighted by atomic mass is 32.2. The fourth-order valence-corrected chi connectivity index (χ4v) is 5.58. The molecule has 3 aromatic rings. The van der Waals surface area contributed by atoms with Gasteiger partial charge in [0.1, 0.15) is 0 Å². The third-order valence-electron chi connectivity index (χ3n) is 6.28. The first-order chi connectivity index (χ1) is 16.3. The van der Waals surface area contributed by atoms with E-state index in [0.717, 1.165) is 12.0 Å². The summed E-state index contributed by atoms with van der Waals surface area (Å²) in [4.78, 5) is 17.1. The first-order valence-corrected chi connectivity index (χ1v) is 13.1. The molecule has 0 saturated carbocycles. The molecular formula is C25H31N5O3S. The summed E-state index contributed by atoms with van der Waals surface area (Å²) in [5.41, 5.74) is 2.28. The summed E-state index contributed by atoms with van der Waals surface area (Å²) in [5, 5.41) is 7.32. The normalized spacial score (nSPS) is 15.5. The van der Waals surface area contributed by atoms with Crippen molar-refractivity contribution in [1.82, 2.24) is 19.1 Å². The van der Waals surface area contributed by atoms with Gasteiger partial charge in [-0.2, -0.15) is 9.40 Å². The molecule has 1 aliphatic rings. The number of anilines is 1. The summed E-state index contributed by atoms with van der Waals surface area (Å²) in [6, 6.07) is 12.8. The lowest BCUT2D eigenvalue weighted by Crippen LogP contribution is -2.41. The number of carbonyl (C=O) groups is 1. The third kappa shape index (κ3) is 5.71. The van der Waals surface area contributed by atoms with Crippen molar-refractivity contribution < 1.29 is 13.2 Å². The molecular weight excluding hydrogens is 450 g/mol. The fourth-order valence-electron chi connectivity index (χ4n) is 4.11. The second-order valence-electron chi connectivity index (χ2n) is 8.96. The number of pyridine rings is 1. The minimum atomic E-state index is -3.56. The van der Waals surface area contributed by atoms with Crippen LogP contribution in [0.5, 0.6) is 0 Å². The molecule has 0 aliphatic carbocycles. The van der Waals surface area contributed by atoms with Crippen LogP contribution in [0.4, 0.5) is 5.82 Å². The standard InChI is InChI=1S/C25H31N5O3S/c1-19(2)21-3-5-23(6-4-21)34(32,33)30-17-10-22(11-18-30)25(31)27-24-12-16-29(28-24)15-9-20-7-13-26-14-8-20/h3-8,12-14,16,19,22H,9-11,15,17-18H2,1-2H3,(H,27,28,31). The highest BCUT2D eigenvalue weighted by Gasteiger charge is 2.32. The van der Waals surface area contributed by atoms with E-state index < -0.39 is 10.0 Å². The Balaban J connectivity index is 1.28. The van der Waals surface area contributed by atoms with E-state index in [0.29, 0.717) is 49.1 Å². The van der Waals surface area contributed by atoms with Gasteiger partial charge in [-0.3, -0.25) is 14.5 Å². The van der Waals surface area contributed by atoms with Gasteiger partial charge in [-0.05, 0) is 60.6 Å². The maximum atomic E-state index is 13.0. The van der Waals surface area contributed by atoms with Crippen LogP contribution in [-0.2, 0) is 27.8 Å². The van der Waals surface area contributed by atoms with Crippen LogP contribution in [0.15, 0.2) is 66.0 Å². The summed E-state index contributed by atoms with van der Waals surface area (Å²) in [6.07, 6.45) is 7.17. The van der Waals surface area contributed by atoms with Crippen LogP contribution in [0.1, 0.15) is 43.7 Å². The molecule has 180 valence electrons. The van der Waals surface area contributed by atoms with Crippen molar-refractivity contribution in [3.63, 3.8) is 0 Å². The van der Waals surface area contributed by atoms with Crippen molar-refractivity contribution in [1.29, 1.82) is 0 Å². The number of piperidine rings is 1. The Labute approximate surface area is 201 Å². The molecule has 3 heterocycles. The van der Waals surface area contributed by atoms with E-state index in [9.17, 15) is 13.2 Å². The molecule has 0 unspecified atom stereocenters. The molecule has 1 aliphatic heterocycles. The van der Waals surface area contributed by atoms with Gasteiger partial charge >= 0.3 is 0 Å². The number of carbonyl (C=O) groups excluding carboxylic acids is 1. The number of amides is 1. The molecule has 9 heteroatoms. The lowest BCUT2D eigenvalue weighted by atomic mass is 9.97. The maximum absolute atomic E-state index is 13.0. The van der Waals surface area contributed by atoms with Gasteiger partial charge in [0.05, 0.1) is 4.90 Å². The van der Waals surface area contributed by atoms with Gasteiger partial charge in [-0.1, -0.05) is 26.0 Å². The molecule has 1 saturated heterocycles. The summed E-state index contributed by atoms with van der Waals surface area (Å²) in [6.45, 7) is 5.51. The number of aromatic nitrogens is 3.